The maximum Gasteiger partial charge on any atom is 0.273 e. The highest BCUT2D eigenvalue weighted by atomic mass is 19.1. The molecule has 0 fully saturated rings. The standard InChI is InChI=1S/C21H22F2N4O3/c1-25(2)20(29)18-19(26(3)13-28)24-21(30-17-7-5-4-6-16(17)23)27(18)12-14-8-10-15(22)11-9-14/h4-11,13,21,24H,12H2,1-3H3. The molecule has 0 saturated carbocycles. The Morgan fingerprint density at radius 2 is 1.80 bits per heavy atom. The molecule has 0 saturated heterocycles. The van der Waals surface area contributed by atoms with E-state index in [0.717, 1.165) is 0 Å². The Bertz CT molecular complexity index is 963. The maximum absolute atomic E-state index is 14.2. The van der Waals surface area contributed by atoms with Crippen LogP contribution in [0.4, 0.5) is 8.78 Å². The molecule has 158 valence electrons. The highest BCUT2D eigenvalue weighted by Crippen LogP contribution is 2.28. The van der Waals surface area contributed by atoms with Crippen molar-refractivity contribution in [3.8, 4) is 5.75 Å². The van der Waals surface area contributed by atoms with Crippen LogP contribution in [0.5, 0.6) is 5.75 Å². The van der Waals surface area contributed by atoms with Crippen molar-refractivity contribution in [3.63, 3.8) is 0 Å². The Morgan fingerprint density at radius 3 is 2.40 bits per heavy atom. The average Bonchev–Trinajstić information content (AvgIpc) is 3.07. The maximum atomic E-state index is 14.2. The molecule has 0 aromatic heterocycles. The van der Waals surface area contributed by atoms with E-state index in [4.69, 9.17) is 4.74 Å². The van der Waals surface area contributed by atoms with Crippen LogP contribution in [0.1, 0.15) is 5.56 Å². The Morgan fingerprint density at radius 1 is 1.13 bits per heavy atom. The van der Waals surface area contributed by atoms with Crippen molar-refractivity contribution >= 4 is 12.3 Å². The van der Waals surface area contributed by atoms with Gasteiger partial charge in [0.25, 0.3) is 12.3 Å². The van der Waals surface area contributed by atoms with Gasteiger partial charge in [0.05, 0.1) is 0 Å². The topological polar surface area (TPSA) is 65.1 Å². The lowest BCUT2D eigenvalue weighted by molar-refractivity contribution is -0.127. The van der Waals surface area contributed by atoms with E-state index in [1.165, 1.54) is 47.2 Å². The number of ether oxygens (including phenoxy) is 1. The molecule has 1 unspecified atom stereocenters. The molecular formula is C21H22F2N4O3. The van der Waals surface area contributed by atoms with Crippen LogP contribution in [0.3, 0.4) is 0 Å². The summed E-state index contributed by atoms with van der Waals surface area (Å²) in [6.45, 7) is 0.150. The van der Waals surface area contributed by atoms with Crippen LogP contribution in [-0.2, 0) is 16.1 Å². The number of para-hydroxylation sites is 1. The van der Waals surface area contributed by atoms with Gasteiger partial charge in [-0.3, -0.25) is 9.59 Å². The summed E-state index contributed by atoms with van der Waals surface area (Å²) in [5.74, 6) is -1.15. The number of amides is 2. The van der Waals surface area contributed by atoms with E-state index in [9.17, 15) is 18.4 Å². The number of rotatable bonds is 7. The lowest BCUT2D eigenvalue weighted by Gasteiger charge is -2.29. The summed E-state index contributed by atoms with van der Waals surface area (Å²) in [7, 11) is 4.64. The SMILES string of the molecule is CN(C)C(=O)C1=C(N(C)C=O)NC(Oc2ccccc2F)N1Cc1ccc(F)cc1. The first-order chi connectivity index (χ1) is 14.3. The minimum Gasteiger partial charge on any atom is -0.449 e. The van der Waals surface area contributed by atoms with Gasteiger partial charge in [-0.15, -0.1) is 0 Å². The molecule has 2 aromatic carbocycles. The molecule has 30 heavy (non-hydrogen) atoms. The van der Waals surface area contributed by atoms with Gasteiger partial charge in [-0.1, -0.05) is 24.3 Å². The molecule has 1 aliphatic heterocycles. The second-order valence-electron chi connectivity index (χ2n) is 6.91. The molecule has 0 bridgehead atoms. The predicted octanol–water partition coefficient (Wildman–Crippen LogP) is 2.08. The van der Waals surface area contributed by atoms with E-state index in [1.54, 1.807) is 37.2 Å². The minimum atomic E-state index is -0.983. The molecule has 7 nitrogen and oxygen atoms in total. The van der Waals surface area contributed by atoms with Crippen molar-refractivity contribution in [1.29, 1.82) is 0 Å². The van der Waals surface area contributed by atoms with Crippen molar-refractivity contribution in [2.45, 2.75) is 12.9 Å². The molecule has 0 spiro atoms. The Hall–Kier alpha value is -3.62. The third-order valence-electron chi connectivity index (χ3n) is 4.52. The van der Waals surface area contributed by atoms with E-state index in [1.807, 2.05) is 0 Å². The zero-order chi connectivity index (χ0) is 21.8. The summed E-state index contributed by atoms with van der Waals surface area (Å²) < 4.78 is 33.3. The summed E-state index contributed by atoms with van der Waals surface area (Å²) >= 11 is 0. The van der Waals surface area contributed by atoms with Crippen molar-refractivity contribution in [1.82, 2.24) is 20.0 Å². The van der Waals surface area contributed by atoms with Crippen LogP contribution >= 0.6 is 0 Å². The van der Waals surface area contributed by atoms with Crippen LogP contribution in [0.25, 0.3) is 0 Å². The third kappa shape index (κ3) is 4.35. The van der Waals surface area contributed by atoms with Gasteiger partial charge in [0.15, 0.2) is 11.6 Å². The molecule has 1 atom stereocenters. The lowest BCUT2D eigenvalue weighted by Crippen LogP contribution is -2.44. The summed E-state index contributed by atoms with van der Waals surface area (Å²) in [6.07, 6.45) is -0.435. The number of carbonyl (C=O) groups is 2. The Kier molecular flexibility index (Phi) is 6.20. The molecule has 0 aliphatic carbocycles. The fourth-order valence-electron chi connectivity index (χ4n) is 2.98. The summed E-state index contributed by atoms with van der Waals surface area (Å²) in [5.41, 5.74) is 0.861. The van der Waals surface area contributed by atoms with Crippen LogP contribution in [-0.4, -0.2) is 54.5 Å². The van der Waals surface area contributed by atoms with Crippen molar-refractivity contribution < 1.29 is 23.1 Å². The predicted molar refractivity (Wildman–Crippen MR) is 105 cm³/mol. The Balaban J connectivity index is 2.03. The van der Waals surface area contributed by atoms with Gasteiger partial charge in [-0.2, -0.15) is 0 Å². The van der Waals surface area contributed by atoms with E-state index < -0.39 is 12.2 Å². The number of carbonyl (C=O) groups excluding carboxylic acids is 2. The number of nitrogens with zero attached hydrogens (tertiary/aromatic N) is 3. The summed E-state index contributed by atoms with van der Waals surface area (Å²) in [6, 6.07) is 11.6. The molecule has 2 amide bonds. The Labute approximate surface area is 173 Å². The van der Waals surface area contributed by atoms with Crippen molar-refractivity contribution in [3.05, 3.63) is 77.2 Å². The summed E-state index contributed by atoms with van der Waals surface area (Å²) in [5, 5.41) is 2.97. The van der Waals surface area contributed by atoms with Crippen LogP contribution in [0, 0.1) is 11.6 Å². The number of hydrogen-bond acceptors (Lipinski definition) is 5. The molecule has 2 aromatic rings. The van der Waals surface area contributed by atoms with Crippen LogP contribution in [0.2, 0.25) is 0 Å². The fourth-order valence-corrected chi connectivity index (χ4v) is 2.98. The monoisotopic (exact) mass is 416 g/mol. The highest BCUT2D eigenvalue weighted by Gasteiger charge is 2.39. The zero-order valence-electron chi connectivity index (χ0n) is 16.8. The number of hydrogen-bond donors (Lipinski definition) is 1. The van der Waals surface area contributed by atoms with E-state index in [-0.39, 0.29) is 35.5 Å². The van der Waals surface area contributed by atoms with Gasteiger partial charge < -0.3 is 24.8 Å². The van der Waals surface area contributed by atoms with Crippen LogP contribution in [0.15, 0.2) is 60.0 Å². The van der Waals surface area contributed by atoms with Gasteiger partial charge in [0.2, 0.25) is 6.41 Å². The molecule has 3 rings (SSSR count). The first-order valence-corrected chi connectivity index (χ1v) is 9.14. The van der Waals surface area contributed by atoms with E-state index >= 15 is 0 Å². The number of benzene rings is 2. The first kappa shape index (κ1) is 21.1. The van der Waals surface area contributed by atoms with Gasteiger partial charge in [-0.25, -0.2) is 8.78 Å². The highest BCUT2D eigenvalue weighted by molar-refractivity contribution is 5.94. The van der Waals surface area contributed by atoms with Gasteiger partial charge >= 0.3 is 0 Å². The lowest BCUT2D eigenvalue weighted by atomic mass is 10.2. The van der Waals surface area contributed by atoms with E-state index in [2.05, 4.69) is 5.32 Å². The van der Waals surface area contributed by atoms with Crippen molar-refractivity contribution in [2.75, 3.05) is 21.1 Å². The van der Waals surface area contributed by atoms with Crippen LogP contribution < -0.4 is 10.1 Å². The molecular weight excluding hydrogens is 394 g/mol. The van der Waals surface area contributed by atoms with Gasteiger partial charge in [0.1, 0.15) is 17.3 Å². The minimum absolute atomic E-state index is 0.0224. The van der Waals surface area contributed by atoms with Gasteiger partial charge in [0, 0.05) is 27.7 Å². The molecule has 9 heteroatoms. The fraction of sp³-hybridized carbons (Fsp3) is 0.238. The largest absolute Gasteiger partial charge is 0.449 e. The second kappa shape index (κ2) is 8.81. The number of halogens is 2. The molecule has 1 aliphatic rings. The normalized spacial score (nSPS) is 15.6. The number of likely N-dealkylation sites (N-methyl/N-ethyl adjacent to an activating group) is 1. The quantitative estimate of drug-likeness (QED) is 0.701. The van der Waals surface area contributed by atoms with Crippen molar-refractivity contribution in [2.24, 2.45) is 0 Å². The second-order valence-corrected chi connectivity index (χ2v) is 6.91. The zero-order valence-corrected chi connectivity index (χ0v) is 16.8. The molecule has 1 N–H and O–H groups in total. The number of nitrogens with one attached hydrogen (secondary N) is 1. The van der Waals surface area contributed by atoms with E-state index in [0.29, 0.717) is 12.0 Å². The summed E-state index contributed by atoms with van der Waals surface area (Å²) in [4.78, 5) is 28.5. The third-order valence-corrected chi connectivity index (χ3v) is 4.52. The average molecular weight is 416 g/mol. The molecule has 1 heterocycles. The first-order valence-electron chi connectivity index (χ1n) is 9.14. The van der Waals surface area contributed by atoms with Gasteiger partial charge in [-0.05, 0) is 29.8 Å². The smallest absolute Gasteiger partial charge is 0.273 e. The molecule has 0 radical (unpaired) electrons.